The summed E-state index contributed by atoms with van der Waals surface area (Å²) in [6.45, 7) is 6.10. The predicted molar refractivity (Wildman–Crippen MR) is 86.8 cm³/mol. The van der Waals surface area contributed by atoms with Crippen molar-refractivity contribution in [2.24, 2.45) is 0 Å². The number of fused-ring (bicyclic) bond motifs is 1. The van der Waals surface area contributed by atoms with Gasteiger partial charge in [-0.05, 0) is 38.5 Å². The van der Waals surface area contributed by atoms with Crippen LogP contribution in [0.4, 0.5) is 0 Å². The first-order valence-corrected chi connectivity index (χ1v) is 7.56. The molecule has 0 saturated heterocycles. The van der Waals surface area contributed by atoms with Crippen molar-refractivity contribution in [2.45, 2.75) is 32.2 Å². The normalized spacial score (nSPS) is 14.3. The second-order valence-electron chi connectivity index (χ2n) is 5.34. The van der Waals surface area contributed by atoms with E-state index in [2.05, 4.69) is 33.6 Å². The molecule has 1 aromatic carbocycles. The first kappa shape index (κ1) is 14.1. The molecule has 0 saturated carbocycles. The molecule has 0 fully saturated rings. The molecule has 0 N–H and O–H groups in total. The minimum Gasteiger partial charge on any atom is -0.304 e. The number of rotatable bonds is 3. The molecule has 4 heteroatoms. The largest absolute Gasteiger partial charge is 0.304 e. The number of nitrogens with zero attached hydrogens (tertiary/aromatic N) is 3. The van der Waals surface area contributed by atoms with Gasteiger partial charge in [0.15, 0.2) is 5.65 Å². The highest BCUT2D eigenvalue weighted by Crippen LogP contribution is 2.30. The molecule has 108 valence electrons. The second kappa shape index (κ2) is 5.49. The van der Waals surface area contributed by atoms with Gasteiger partial charge in [-0.2, -0.15) is 0 Å². The van der Waals surface area contributed by atoms with Gasteiger partial charge >= 0.3 is 0 Å². The van der Waals surface area contributed by atoms with E-state index in [4.69, 9.17) is 11.6 Å². The Morgan fingerprint density at radius 3 is 2.38 bits per heavy atom. The van der Waals surface area contributed by atoms with Crippen LogP contribution in [0.15, 0.2) is 42.5 Å². The van der Waals surface area contributed by atoms with Crippen molar-refractivity contribution in [3.63, 3.8) is 0 Å². The zero-order valence-electron chi connectivity index (χ0n) is 12.4. The molecule has 0 aliphatic heterocycles. The van der Waals surface area contributed by atoms with Crippen LogP contribution in [0, 0.1) is 6.92 Å². The number of alkyl halides is 1. The van der Waals surface area contributed by atoms with Gasteiger partial charge in [-0.3, -0.25) is 0 Å². The van der Waals surface area contributed by atoms with Gasteiger partial charge in [0.1, 0.15) is 11.3 Å². The third kappa shape index (κ3) is 2.54. The molecule has 3 rings (SSSR count). The van der Waals surface area contributed by atoms with Crippen molar-refractivity contribution in [2.75, 3.05) is 0 Å². The van der Waals surface area contributed by atoms with E-state index in [0.717, 1.165) is 22.7 Å². The van der Waals surface area contributed by atoms with E-state index < -0.39 is 0 Å². The summed E-state index contributed by atoms with van der Waals surface area (Å²) < 4.78 is 2.15. The highest BCUT2D eigenvalue weighted by atomic mass is 35.5. The number of imidazole rings is 1. The first-order chi connectivity index (χ1) is 10.1. The van der Waals surface area contributed by atoms with E-state index in [1.165, 1.54) is 5.56 Å². The summed E-state index contributed by atoms with van der Waals surface area (Å²) in [5.74, 6) is 0.862. The predicted octanol–water partition coefficient (Wildman–Crippen LogP) is 4.65. The molecule has 0 amide bonds. The first-order valence-electron chi connectivity index (χ1n) is 7.12. The van der Waals surface area contributed by atoms with Crippen molar-refractivity contribution in [3.05, 3.63) is 59.5 Å². The number of hydrogen-bond acceptors (Lipinski definition) is 2. The van der Waals surface area contributed by atoms with Gasteiger partial charge in [-0.1, -0.05) is 30.3 Å². The van der Waals surface area contributed by atoms with Crippen LogP contribution in [-0.2, 0) is 0 Å². The van der Waals surface area contributed by atoms with E-state index in [-0.39, 0.29) is 11.4 Å². The van der Waals surface area contributed by atoms with Crippen molar-refractivity contribution in [1.29, 1.82) is 0 Å². The summed E-state index contributed by atoms with van der Waals surface area (Å²) in [7, 11) is 0. The Hall–Kier alpha value is -1.87. The second-order valence-corrected chi connectivity index (χ2v) is 5.99. The molecule has 0 spiro atoms. The number of hydrogen-bond donors (Lipinski definition) is 0. The molecule has 3 nitrogen and oxygen atoms in total. The van der Waals surface area contributed by atoms with Crippen molar-refractivity contribution in [3.8, 4) is 0 Å². The maximum atomic E-state index is 6.34. The Morgan fingerprint density at radius 2 is 1.71 bits per heavy atom. The van der Waals surface area contributed by atoms with Gasteiger partial charge in [-0.25, -0.2) is 9.97 Å². The van der Waals surface area contributed by atoms with Crippen molar-refractivity contribution < 1.29 is 0 Å². The van der Waals surface area contributed by atoms with Gasteiger partial charge in [0.2, 0.25) is 0 Å². The number of aryl methyl sites for hydroxylation is 1. The highest BCUT2D eigenvalue weighted by molar-refractivity contribution is 6.20. The van der Waals surface area contributed by atoms with Crippen LogP contribution in [0.3, 0.4) is 0 Å². The number of aromatic nitrogens is 3. The quantitative estimate of drug-likeness (QED) is 0.659. The number of benzene rings is 1. The Balaban J connectivity index is 2.24. The zero-order chi connectivity index (χ0) is 15.0. The van der Waals surface area contributed by atoms with Crippen LogP contribution >= 0.6 is 11.6 Å². The van der Waals surface area contributed by atoms with E-state index >= 15 is 0 Å². The summed E-state index contributed by atoms with van der Waals surface area (Å²) in [5, 5.41) is -0.161. The van der Waals surface area contributed by atoms with Crippen LogP contribution in [0.1, 0.15) is 42.3 Å². The Morgan fingerprint density at radius 1 is 1.00 bits per heavy atom. The van der Waals surface area contributed by atoms with Crippen molar-refractivity contribution >= 4 is 22.8 Å². The molecular formula is C17H18ClN3. The Bertz CT molecular complexity index is 762. The van der Waals surface area contributed by atoms with E-state index in [1.54, 1.807) is 0 Å². The molecule has 21 heavy (non-hydrogen) atoms. The van der Waals surface area contributed by atoms with E-state index in [1.807, 2.05) is 44.2 Å². The molecule has 2 unspecified atom stereocenters. The van der Waals surface area contributed by atoms with Crippen LogP contribution in [0.5, 0.6) is 0 Å². The van der Waals surface area contributed by atoms with Gasteiger partial charge < -0.3 is 4.57 Å². The lowest BCUT2D eigenvalue weighted by Gasteiger charge is -2.18. The van der Waals surface area contributed by atoms with Crippen LogP contribution < -0.4 is 0 Å². The molecule has 2 aromatic heterocycles. The fourth-order valence-corrected chi connectivity index (χ4v) is 2.78. The fourth-order valence-electron chi connectivity index (χ4n) is 2.63. The monoisotopic (exact) mass is 299 g/mol. The fraction of sp³-hybridized carbons (Fsp3) is 0.294. The third-order valence-electron chi connectivity index (χ3n) is 3.73. The van der Waals surface area contributed by atoms with E-state index in [0.29, 0.717) is 0 Å². The lowest BCUT2D eigenvalue weighted by atomic mass is 10.1. The lowest BCUT2D eigenvalue weighted by molar-refractivity contribution is 0.613. The standard InChI is InChI=1S/C17H18ClN3/c1-11-9-10-15-17(19-11)21(16(20-15)12(2)18)13(3)14-7-5-4-6-8-14/h4-10,12-13H,1-3H3. The SMILES string of the molecule is Cc1ccc2nc(C(C)Cl)n(C(C)c3ccccc3)c2n1. The van der Waals surface area contributed by atoms with Gasteiger partial charge in [0.05, 0.1) is 11.4 Å². The average Bonchev–Trinajstić information content (AvgIpc) is 2.86. The number of pyridine rings is 1. The minimum absolute atomic E-state index is 0.140. The summed E-state index contributed by atoms with van der Waals surface area (Å²) >= 11 is 6.34. The van der Waals surface area contributed by atoms with Crippen LogP contribution in [0.25, 0.3) is 11.2 Å². The van der Waals surface area contributed by atoms with Crippen molar-refractivity contribution in [1.82, 2.24) is 14.5 Å². The molecule has 2 heterocycles. The topological polar surface area (TPSA) is 30.7 Å². The average molecular weight is 300 g/mol. The van der Waals surface area contributed by atoms with Gasteiger partial charge in [-0.15, -0.1) is 11.6 Å². The summed E-state index contributed by atoms with van der Waals surface area (Å²) in [4.78, 5) is 9.34. The van der Waals surface area contributed by atoms with Crippen LogP contribution in [0.2, 0.25) is 0 Å². The summed E-state index contributed by atoms with van der Waals surface area (Å²) in [6, 6.07) is 14.5. The molecule has 0 aliphatic rings. The highest BCUT2D eigenvalue weighted by Gasteiger charge is 2.21. The minimum atomic E-state index is -0.161. The third-order valence-corrected chi connectivity index (χ3v) is 3.92. The zero-order valence-corrected chi connectivity index (χ0v) is 13.2. The van der Waals surface area contributed by atoms with E-state index in [9.17, 15) is 0 Å². The lowest BCUT2D eigenvalue weighted by Crippen LogP contribution is -2.12. The maximum absolute atomic E-state index is 6.34. The van der Waals surface area contributed by atoms with Gasteiger partial charge in [0, 0.05) is 5.69 Å². The Kier molecular flexibility index (Phi) is 3.68. The van der Waals surface area contributed by atoms with Gasteiger partial charge in [0.25, 0.3) is 0 Å². The maximum Gasteiger partial charge on any atom is 0.160 e. The molecule has 0 aliphatic carbocycles. The summed E-state index contributed by atoms with van der Waals surface area (Å²) in [6.07, 6.45) is 0. The summed E-state index contributed by atoms with van der Waals surface area (Å²) in [5.41, 5.74) is 4.00. The molecular weight excluding hydrogens is 282 g/mol. The Labute approximate surface area is 129 Å². The van der Waals surface area contributed by atoms with Crippen LogP contribution in [-0.4, -0.2) is 14.5 Å². The smallest absolute Gasteiger partial charge is 0.160 e. The molecule has 2 atom stereocenters. The number of halogens is 1. The molecule has 3 aromatic rings. The molecule has 0 bridgehead atoms. The molecule has 0 radical (unpaired) electrons.